The molecule has 1 amide bonds. The SMILES string of the molecule is CCS(=O)(=O)c1ccc(C(=O)N(CCCN(C)C)c2nc3ccc([N+](=O)[O-])cc3s2)cc1.Cl. The molecule has 3 aromatic rings. The van der Waals surface area contributed by atoms with Crippen LogP contribution in [0.1, 0.15) is 23.7 Å². The average molecular weight is 513 g/mol. The van der Waals surface area contributed by atoms with Crippen LogP contribution in [0.2, 0.25) is 0 Å². The summed E-state index contributed by atoms with van der Waals surface area (Å²) in [6, 6.07) is 10.3. The molecule has 33 heavy (non-hydrogen) atoms. The molecule has 9 nitrogen and oxygen atoms in total. The summed E-state index contributed by atoms with van der Waals surface area (Å²) in [6.07, 6.45) is 0.692. The normalized spacial score (nSPS) is 11.4. The number of benzene rings is 2. The number of amides is 1. The number of nitro benzene ring substituents is 1. The maximum atomic E-state index is 13.3. The first-order valence-corrected chi connectivity index (χ1v) is 12.4. The lowest BCUT2D eigenvalue weighted by Crippen LogP contribution is -2.33. The number of hydrogen-bond acceptors (Lipinski definition) is 8. The Bertz CT molecular complexity index is 1240. The first-order valence-electron chi connectivity index (χ1n) is 9.97. The number of nitrogens with zero attached hydrogens (tertiary/aromatic N) is 4. The first kappa shape index (κ1) is 26.7. The molecule has 3 rings (SSSR count). The second-order valence-corrected chi connectivity index (χ2v) is 10.7. The highest BCUT2D eigenvalue weighted by Gasteiger charge is 2.23. The quantitative estimate of drug-likeness (QED) is 0.314. The van der Waals surface area contributed by atoms with Gasteiger partial charge in [0, 0.05) is 24.2 Å². The predicted octanol–water partition coefficient (Wildman–Crippen LogP) is 4.02. The van der Waals surface area contributed by atoms with E-state index in [0.717, 1.165) is 6.54 Å². The van der Waals surface area contributed by atoms with E-state index in [-0.39, 0.29) is 34.6 Å². The number of aromatic nitrogens is 1. The summed E-state index contributed by atoms with van der Waals surface area (Å²) in [5.74, 6) is -0.327. The second-order valence-electron chi connectivity index (χ2n) is 7.45. The van der Waals surface area contributed by atoms with E-state index in [9.17, 15) is 23.3 Å². The highest BCUT2D eigenvalue weighted by Crippen LogP contribution is 2.32. The van der Waals surface area contributed by atoms with Crippen LogP contribution in [0.15, 0.2) is 47.4 Å². The topological polar surface area (TPSA) is 114 Å². The lowest BCUT2D eigenvalue weighted by molar-refractivity contribution is -0.384. The zero-order valence-electron chi connectivity index (χ0n) is 18.4. The van der Waals surface area contributed by atoms with E-state index in [2.05, 4.69) is 4.98 Å². The molecule has 1 heterocycles. The molecule has 0 unspecified atom stereocenters. The Morgan fingerprint density at radius 3 is 2.36 bits per heavy atom. The molecule has 0 saturated heterocycles. The van der Waals surface area contributed by atoms with Crippen LogP contribution in [-0.2, 0) is 9.84 Å². The van der Waals surface area contributed by atoms with Crippen LogP contribution in [0.4, 0.5) is 10.8 Å². The number of sulfone groups is 1. The van der Waals surface area contributed by atoms with Gasteiger partial charge in [0.15, 0.2) is 15.0 Å². The minimum atomic E-state index is -3.36. The van der Waals surface area contributed by atoms with Gasteiger partial charge in [0.1, 0.15) is 0 Å². The van der Waals surface area contributed by atoms with Crippen molar-refractivity contribution < 1.29 is 18.1 Å². The van der Waals surface area contributed by atoms with Crippen molar-refractivity contribution in [3.05, 3.63) is 58.1 Å². The van der Waals surface area contributed by atoms with Crippen molar-refractivity contribution >= 4 is 60.5 Å². The maximum absolute atomic E-state index is 13.3. The van der Waals surface area contributed by atoms with Gasteiger partial charge in [0.2, 0.25) is 0 Å². The fraction of sp³-hybridized carbons (Fsp3) is 0.333. The molecule has 0 aliphatic rings. The molecule has 2 aromatic carbocycles. The van der Waals surface area contributed by atoms with Crippen molar-refractivity contribution in [3.63, 3.8) is 0 Å². The molecular formula is C21H25ClN4O5S2. The Balaban J connectivity index is 0.00000385. The number of halogens is 1. The third-order valence-corrected chi connectivity index (χ3v) is 7.67. The molecule has 0 bridgehead atoms. The highest BCUT2D eigenvalue weighted by atomic mass is 35.5. The molecule has 0 aliphatic heterocycles. The summed E-state index contributed by atoms with van der Waals surface area (Å²) < 4.78 is 24.7. The van der Waals surface area contributed by atoms with Crippen LogP contribution in [0.5, 0.6) is 0 Å². The van der Waals surface area contributed by atoms with Crippen LogP contribution in [0, 0.1) is 10.1 Å². The minimum absolute atomic E-state index is 0. The van der Waals surface area contributed by atoms with E-state index in [0.29, 0.717) is 33.9 Å². The van der Waals surface area contributed by atoms with Gasteiger partial charge < -0.3 is 4.90 Å². The average Bonchev–Trinajstić information content (AvgIpc) is 3.19. The first-order chi connectivity index (χ1) is 15.1. The van der Waals surface area contributed by atoms with Crippen molar-refractivity contribution in [2.24, 2.45) is 0 Å². The van der Waals surface area contributed by atoms with Gasteiger partial charge >= 0.3 is 0 Å². The molecular weight excluding hydrogens is 488 g/mol. The molecule has 0 aliphatic carbocycles. The summed E-state index contributed by atoms with van der Waals surface area (Å²) in [5.41, 5.74) is 0.881. The Morgan fingerprint density at radius 1 is 1.12 bits per heavy atom. The molecule has 0 atom stereocenters. The molecule has 178 valence electrons. The number of rotatable bonds is 9. The highest BCUT2D eigenvalue weighted by molar-refractivity contribution is 7.91. The van der Waals surface area contributed by atoms with Crippen molar-refractivity contribution in [1.82, 2.24) is 9.88 Å². The van der Waals surface area contributed by atoms with E-state index in [4.69, 9.17) is 0 Å². The smallest absolute Gasteiger partial charge is 0.270 e. The van der Waals surface area contributed by atoms with Crippen LogP contribution in [-0.4, -0.2) is 62.1 Å². The number of carbonyl (C=O) groups excluding carboxylic acids is 1. The van der Waals surface area contributed by atoms with Gasteiger partial charge in [-0.1, -0.05) is 18.3 Å². The van der Waals surface area contributed by atoms with Crippen molar-refractivity contribution in [2.45, 2.75) is 18.2 Å². The summed E-state index contributed by atoms with van der Waals surface area (Å²) >= 11 is 1.21. The van der Waals surface area contributed by atoms with E-state index >= 15 is 0 Å². The van der Waals surface area contributed by atoms with Gasteiger partial charge in [-0.2, -0.15) is 0 Å². The molecule has 0 radical (unpaired) electrons. The standard InChI is InChI=1S/C21H24N4O5S2.ClH/c1-4-32(29,30)17-9-6-15(7-10-17)20(26)24(13-5-12-23(2)3)21-22-18-11-8-16(25(27)28)14-19(18)31-21;/h6-11,14H,4-5,12-13H2,1-3H3;1H. The van der Waals surface area contributed by atoms with Gasteiger partial charge in [-0.05, 0) is 57.4 Å². The third-order valence-electron chi connectivity index (χ3n) is 4.88. The van der Waals surface area contributed by atoms with Crippen LogP contribution >= 0.6 is 23.7 Å². The number of carbonyl (C=O) groups is 1. The zero-order valence-corrected chi connectivity index (χ0v) is 20.9. The molecule has 0 spiro atoms. The van der Waals surface area contributed by atoms with Crippen molar-refractivity contribution in [3.8, 4) is 0 Å². The fourth-order valence-corrected chi connectivity index (χ4v) is 4.99. The zero-order chi connectivity index (χ0) is 23.5. The van der Waals surface area contributed by atoms with Crippen molar-refractivity contribution in [2.75, 3.05) is 37.8 Å². The number of anilines is 1. The van der Waals surface area contributed by atoms with Crippen LogP contribution in [0.25, 0.3) is 10.2 Å². The number of thiazole rings is 1. The van der Waals surface area contributed by atoms with Gasteiger partial charge in [-0.15, -0.1) is 12.4 Å². The van der Waals surface area contributed by atoms with Crippen LogP contribution < -0.4 is 4.90 Å². The second kappa shape index (κ2) is 11.0. The Labute approximate surface area is 202 Å². The number of nitro groups is 1. The lowest BCUT2D eigenvalue weighted by Gasteiger charge is -2.21. The van der Waals surface area contributed by atoms with E-state index < -0.39 is 14.8 Å². The summed E-state index contributed by atoms with van der Waals surface area (Å²) in [5, 5.41) is 11.5. The lowest BCUT2D eigenvalue weighted by atomic mass is 10.2. The summed E-state index contributed by atoms with van der Waals surface area (Å²) in [7, 11) is 0.520. The maximum Gasteiger partial charge on any atom is 0.270 e. The van der Waals surface area contributed by atoms with E-state index in [1.54, 1.807) is 17.9 Å². The Morgan fingerprint density at radius 2 is 1.79 bits per heavy atom. The number of non-ortho nitro benzene ring substituents is 1. The summed E-state index contributed by atoms with van der Waals surface area (Å²) in [4.78, 5) is 32.2. The number of fused-ring (bicyclic) bond motifs is 1. The van der Waals surface area contributed by atoms with Crippen LogP contribution in [0.3, 0.4) is 0 Å². The minimum Gasteiger partial charge on any atom is -0.309 e. The van der Waals surface area contributed by atoms with Gasteiger partial charge in [0.05, 0.1) is 25.8 Å². The molecule has 12 heteroatoms. The molecule has 1 aromatic heterocycles. The summed E-state index contributed by atoms with van der Waals surface area (Å²) in [6.45, 7) is 2.72. The van der Waals surface area contributed by atoms with Crippen molar-refractivity contribution in [1.29, 1.82) is 0 Å². The third kappa shape index (κ3) is 6.26. The number of hydrogen-bond donors (Lipinski definition) is 0. The van der Waals surface area contributed by atoms with E-state index in [1.807, 2.05) is 19.0 Å². The molecule has 0 saturated carbocycles. The molecule has 0 fully saturated rings. The fourth-order valence-electron chi connectivity index (χ4n) is 3.09. The van der Waals surface area contributed by atoms with Gasteiger partial charge in [-0.3, -0.25) is 19.8 Å². The van der Waals surface area contributed by atoms with Gasteiger partial charge in [0.25, 0.3) is 11.6 Å². The largest absolute Gasteiger partial charge is 0.309 e. The van der Waals surface area contributed by atoms with E-state index in [1.165, 1.54) is 47.7 Å². The molecule has 0 N–H and O–H groups in total. The predicted molar refractivity (Wildman–Crippen MR) is 133 cm³/mol. The van der Waals surface area contributed by atoms with Gasteiger partial charge in [-0.25, -0.2) is 13.4 Å². The monoisotopic (exact) mass is 512 g/mol. The Kier molecular flexibility index (Phi) is 8.89. The Hall–Kier alpha value is -2.60.